The summed E-state index contributed by atoms with van der Waals surface area (Å²) in [5.74, 6) is -0.136. The van der Waals surface area contributed by atoms with E-state index in [-0.39, 0.29) is 17.5 Å². The van der Waals surface area contributed by atoms with Gasteiger partial charge in [0.25, 0.3) is 0 Å². The summed E-state index contributed by atoms with van der Waals surface area (Å²) >= 11 is 1.21. The number of carbonyl (C=O) groups excluding carboxylic acids is 1. The first kappa shape index (κ1) is 13.1. The van der Waals surface area contributed by atoms with E-state index in [2.05, 4.69) is 15.5 Å². The van der Waals surface area contributed by atoms with Crippen LogP contribution < -0.4 is 11.1 Å². The molecular formula is C12H13N5OS. The summed E-state index contributed by atoms with van der Waals surface area (Å²) in [5, 5.41) is 19.5. The van der Waals surface area contributed by atoms with Crippen LogP contribution in [0.1, 0.15) is 40.7 Å². The second-order valence-corrected chi connectivity index (χ2v) is 5.14. The minimum absolute atomic E-state index is 0.0382. The fourth-order valence-electron chi connectivity index (χ4n) is 1.70. The van der Waals surface area contributed by atoms with Crippen LogP contribution >= 0.6 is 11.3 Å². The molecule has 1 atom stereocenters. The summed E-state index contributed by atoms with van der Waals surface area (Å²) in [7, 11) is 0. The highest BCUT2D eigenvalue weighted by Crippen LogP contribution is 2.37. The molecule has 0 aliphatic carbocycles. The highest BCUT2D eigenvalue weighted by Gasteiger charge is 2.20. The monoisotopic (exact) mass is 275 g/mol. The number of thiophene rings is 1. The standard InChI is InChI=1S/C12H13N5OS/c1-6(8-4-15-16-5-8)17-12-9(3-13)10(14)11(19-12)7(2)18/h4-6,17H,14H2,1-2H3,(H,15,16). The van der Waals surface area contributed by atoms with Crippen molar-refractivity contribution in [3.8, 4) is 6.07 Å². The van der Waals surface area contributed by atoms with Gasteiger partial charge < -0.3 is 11.1 Å². The minimum atomic E-state index is -0.136. The molecular weight excluding hydrogens is 262 g/mol. The largest absolute Gasteiger partial charge is 0.396 e. The molecule has 6 nitrogen and oxygen atoms in total. The maximum Gasteiger partial charge on any atom is 0.171 e. The average molecular weight is 275 g/mol. The predicted molar refractivity (Wildman–Crippen MR) is 74.1 cm³/mol. The number of nitrogen functional groups attached to an aromatic ring is 1. The van der Waals surface area contributed by atoms with E-state index in [1.807, 2.05) is 13.0 Å². The van der Waals surface area contributed by atoms with E-state index in [1.165, 1.54) is 18.3 Å². The number of nitrogens with one attached hydrogen (secondary N) is 2. The van der Waals surface area contributed by atoms with Gasteiger partial charge in [0.15, 0.2) is 5.78 Å². The molecule has 19 heavy (non-hydrogen) atoms. The van der Waals surface area contributed by atoms with Gasteiger partial charge in [-0.05, 0) is 6.92 Å². The van der Waals surface area contributed by atoms with Crippen molar-refractivity contribution >= 4 is 27.8 Å². The lowest BCUT2D eigenvalue weighted by Gasteiger charge is -2.11. The number of nitriles is 1. The molecule has 0 amide bonds. The van der Waals surface area contributed by atoms with E-state index >= 15 is 0 Å². The lowest BCUT2D eigenvalue weighted by atomic mass is 10.2. The van der Waals surface area contributed by atoms with Crippen molar-refractivity contribution in [1.29, 1.82) is 5.26 Å². The molecule has 2 aromatic rings. The number of hydrogen-bond acceptors (Lipinski definition) is 6. The van der Waals surface area contributed by atoms with E-state index in [0.29, 0.717) is 15.4 Å². The molecule has 0 aliphatic rings. The van der Waals surface area contributed by atoms with E-state index < -0.39 is 0 Å². The number of Topliss-reactive ketones (excluding diaryl/α,β-unsaturated/α-hetero) is 1. The number of rotatable bonds is 4. The smallest absolute Gasteiger partial charge is 0.171 e. The highest BCUT2D eigenvalue weighted by molar-refractivity contribution is 7.19. The lowest BCUT2D eigenvalue weighted by Crippen LogP contribution is -2.05. The Morgan fingerprint density at radius 1 is 1.68 bits per heavy atom. The molecule has 7 heteroatoms. The van der Waals surface area contributed by atoms with Crippen molar-refractivity contribution in [3.63, 3.8) is 0 Å². The van der Waals surface area contributed by atoms with Gasteiger partial charge in [0.2, 0.25) is 0 Å². The third kappa shape index (κ3) is 2.44. The molecule has 98 valence electrons. The Morgan fingerprint density at radius 3 is 2.95 bits per heavy atom. The number of aromatic nitrogens is 2. The number of anilines is 2. The van der Waals surface area contributed by atoms with Crippen LogP contribution in [-0.2, 0) is 0 Å². The normalized spacial score (nSPS) is 11.8. The van der Waals surface area contributed by atoms with Gasteiger partial charge in [0.05, 0.1) is 22.8 Å². The Morgan fingerprint density at radius 2 is 2.42 bits per heavy atom. The lowest BCUT2D eigenvalue weighted by molar-refractivity contribution is 0.102. The van der Waals surface area contributed by atoms with Crippen molar-refractivity contribution < 1.29 is 4.79 Å². The van der Waals surface area contributed by atoms with E-state index in [1.54, 1.807) is 12.4 Å². The highest BCUT2D eigenvalue weighted by atomic mass is 32.1. The van der Waals surface area contributed by atoms with Gasteiger partial charge in [-0.2, -0.15) is 10.4 Å². The van der Waals surface area contributed by atoms with Gasteiger partial charge in [0.1, 0.15) is 16.6 Å². The average Bonchev–Trinajstić information content (AvgIpc) is 2.97. The number of hydrogen-bond donors (Lipinski definition) is 3. The molecule has 0 fully saturated rings. The quantitative estimate of drug-likeness (QED) is 0.742. The topological polar surface area (TPSA) is 108 Å². The van der Waals surface area contributed by atoms with Crippen molar-refractivity contribution in [2.45, 2.75) is 19.9 Å². The second-order valence-electron chi connectivity index (χ2n) is 4.11. The summed E-state index contributed by atoms with van der Waals surface area (Å²) in [6.45, 7) is 3.38. The first-order valence-electron chi connectivity index (χ1n) is 5.63. The van der Waals surface area contributed by atoms with Gasteiger partial charge in [0, 0.05) is 18.7 Å². The number of nitrogens with zero attached hydrogens (tertiary/aromatic N) is 2. The number of carbonyl (C=O) groups is 1. The Balaban J connectivity index is 2.33. The SMILES string of the molecule is CC(=O)c1sc(NC(C)c2cn[nH]c2)c(C#N)c1N. The van der Waals surface area contributed by atoms with Crippen molar-refractivity contribution in [2.75, 3.05) is 11.1 Å². The molecule has 4 N–H and O–H groups in total. The third-order valence-corrected chi connectivity index (χ3v) is 3.98. The summed E-state index contributed by atoms with van der Waals surface area (Å²) in [6, 6.07) is 2.00. The van der Waals surface area contributed by atoms with Crippen LogP contribution in [0.2, 0.25) is 0 Å². The van der Waals surface area contributed by atoms with Crippen LogP contribution in [0.25, 0.3) is 0 Å². The van der Waals surface area contributed by atoms with E-state index in [4.69, 9.17) is 11.0 Å². The zero-order chi connectivity index (χ0) is 14.0. The second kappa shape index (κ2) is 5.12. The summed E-state index contributed by atoms with van der Waals surface area (Å²) in [5.41, 5.74) is 7.35. The maximum absolute atomic E-state index is 11.4. The van der Waals surface area contributed by atoms with Crippen LogP contribution in [-0.4, -0.2) is 16.0 Å². The van der Waals surface area contributed by atoms with Crippen LogP contribution in [0.15, 0.2) is 12.4 Å². The Bertz CT molecular complexity index is 638. The van der Waals surface area contributed by atoms with Gasteiger partial charge in [-0.1, -0.05) is 0 Å². The molecule has 0 bridgehead atoms. The molecule has 0 radical (unpaired) electrons. The fraction of sp³-hybridized carbons (Fsp3) is 0.250. The predicted octanol–water partition coefficient (Wildman–Crippen LogP) is 2.30. The van der Waals surface area contributed by atoms with Crippen LogP contribution in [0.3, 0.4) is 0 Å². The van der Waals surface area contributed by atoms with Gasteiger partial charge in [-0.15, -0.1) is 11.3 Å². The molecule has 0 saturated carbocycles. The molecule has 1 unspecified atom stereocenters. The molecule has 2 rings (SSSR count). The molecule has 2 heterocycles. The number of aromatic amines is 1. The molecule has 0 aliphatic heterocycles. The Labute approximate surface area is 114 Å². The molecule has 0 saturated heterocycles. The molecule has 0 aromatic carbocycles. The van der Waals surface area contributed by atoms with Crippen molar-refractivity contribution in [3.05, 3.63) is 28.4 Å². The van der Waals surface area contributed by atoms with Crippen molar-refractivity contribution in [2.24, 2.45) is 0 Å². The van der Waals surface area contributed by atoms with E-state index in [9.17, 15) is 4.79 Å². The van der Waals surface area contributed by atoms with Crippen LogP contribution in [0.5, 0.6) is 0 Å². The van der Waals surface area contributed by atoms with Crippen LogP contribution in [0, 0.1) is 11.3 Å². The first-order chi connectivity index (χ1) is 9.04. The van der Waals surface area contributed by atoms with Crippen molar-refractivity contribution in [1.82, 2.24) is 10.2 Å². The molecule has 2 aromatic heterocycles. The van der Waals surface area contributed by atoms with E-state index in [0.717, 1.165) is 5.56 Å². The third-order valence-electron chi connectivity index (χ3n) is 2.74. The number of H-pyrrole nitrogens is 1. The summed E-state index contributed by atoms with van der Waals surface area (Å²) < 4.78 is 0. The van der Waals surface area contributed by atoms with Crippen LogP contribution in [0.4, 0.5) is 10.7 Å². The number of nitrogens with two attached hydrogens (primary N) is 1. The zero-order valence-corrected chi connectivity index (χ0v) is 11.3. The Hall–Kier alpha value is -2.33. The number of ketones is 1. The maximum atomic E-state index is 11.4. The summed E-state index contributed by atoms with van der Waals surface area (Å²) in [6.07, 6.45) is 3.47. The van der Waals surface area contributed by atoms with Gasteiger partial charge >= 0.3 is 0 Å². The van der Waals surface area contributed by atoms with Gasteiger partial charge in [-0.25, -0.2) is 0 Å². The summed E-state index contributed by atoms with van der Waals surface area (Å²) in [4.78, 5) is 11.9. The fourth-order valence-corrected chi connectivity index (χ4v) is 2.75. The van der Waals surface area contributed by atoms with Gasteiger partial charge in [-0.3, -0.25) is 9.89 Å². The molecule has 0 spiro atoms. The zero-order valence-electron chi connectivity index (χ0n) is 10.5. The minimum Gasteiger partial charge on any atom is -0.396 e. The first-order valence-corrected chi connectivity index (χ1v) is 6.44. The Kier molecular flexibility index (Phi) is 3.53.